The van der Waals surface area contributed by atoms with Gasteiger partial charge in [-0.3, -0.25) is 24.0 Å². The quantitative estimate of drug-likeness (QED) is 0.197. The number of carbonyl (C=O) groups is 5. The van der Waals surface area contributed by atoms with E-state index in [2.05, 4.69) is 32.8 Å². The van der Waals surface area contributed by atoms with Crippen LogP contribution >= 0.6 is 11.3 Å². The van der Waals surface area contributed by atoms with Gasteiger partial charge in [0.2, 0.25) is 17.6 Å². The Kier molecular flexibility index (Phi) is 10.3. The van der Waals surface area contributed by atoms with E-state index in [-0.39, 0.29) is 12.5 Å². The standard InChI is InChI=1S/C29H33N5O5S/c1-16(2)23(25(35)29(39)30-14-19-9-7-6-8-10-19)33-26(36)18(5)32-28(38)24(17(3)4)34-27(37)20-11-12-21-22(13-20)40-15-31-21/h6-13,15-16,18,23-24H,3,14H2,1-2,4-5H3,(H,30,39)(H,32,38)(H,33,36)(H,34,37)/t18-,23-,24-/m0/s1. The van der Waals surface area contributed by atoms with E-state index in [0.29, 0.717) is 11.1 Å². The van der Waals surface area contributed by atoms with Crippen LogP contribution in [0.5, 0.6) is 0 Å². The Hall–Kier alpha value is -4.38. The molecule has 0 spiro atoms. The molecule has 0 fully saturated rings. The summed E-state index contributed by atoms with van der Waals surface area (Å²) >= 11 is 1.39. The molecule has 0 aliphatic carbocycles. The monoisotopic (exact) mass is 563 g/mol. The number of ketones is 1. The summed E-state index contributed by atoms with van der Waals surface area (Å²) in [5, 5.41) is 10.3. The highest BCUT2D eigenvalue weighted by Crippen LogP contribution is 2.19. The third-order valence-electron chi connectivity index (χ3n) is 6.14. The lowest BCUT2D eigenvalue weighted by molar-refractivity contribution is -0.141. The van der Waals surface area contributed by atoms with Gasteiger partial charge >= 0.3 is 0 Å². The van der Waals surface area contributed by atoms with Crippen molar-refractivity contribution >= 4 is 51.0 Å². The number of aromatic nitrogens is 1. The second-order valence-corrected chi connectivity index (χ2v) is 10.7. The van der Waals surface area contributed by atoms with Gasteiger partial charge in [-0.25, -0.2) is 4.98 Å². The smallest absolute Gasteiger partial charge is 0.289 e. The molecule has 1 heterocycles. The number of benzene rings is 2. The first kappa shape index (κ1) is 30.2. The molecule has 3 atom stereocenters. The Bertz CT molecular complexity index is 1420. The first-order valence-electron chi connectivity index (χ1n) is 12.7. The van der Waals surface area contributed by atoms with Crippen LogP contribution in [-0.4, -0.2) is 52.5 Å². The van der Waals surface area contributed by atoms with Gasteiger partial charge in [-0.1, -0.05) is 50.8 Å². The molecule has 0 saturated carbocycles. The summed E-state index contributed by atoms with van der Waals surface area (Å²) in [6.45, 7) is 10.4. The predicted octanol–water partition coefficient (Wildman–Crippen LogP) is 2.50. The van der Waals surface area contributed by atoms with Crippen molar-refractivity contribution < 1.29 is 24.0 Å². The van der Waals surface area contributed by atoms with Crippen LogP contribution in [0, 0.1) is 5.92 Å². The maximum Gasteiger partial charge on any atom is 0.289 e. The summed E-state index contributed by atoms with van der Waals surface area (Å²) < 4.78 is 0.831. The third kappa shape index (κ3) is 7.82. The molecule has 2 aromatic carbocycles. The normalized spacial score (nSPS) is 13.1. The molecule has 4 amide bonds. The number of Topliss-reactive ketones (excluding diaryl/α,β-unsaturated/α-hetero) is 1. The summed E-state index contributed by atoms with van der Waals surface area (Å²) in [6.07, 6.45) is 0. The molecule has 0 unspecified atom stereocenters. The van der Waals surface area contributed by atoms with Crippen LogP contribution in [-0.2, 0) is 25.7 Å². The molecule has 3 rings (SSSR count). The largest absolute Gasteiger partial charge is 0.345 e. The first-order valence-corrected chi connectivity index (χ1v) is 13.6. The SMILES string of the molecule is C=C(C)[C@H](NC(=O)c1ccc2ncsc2c1)C(=O)N[C@@H](C)C(=O)N[C@H](C(=O)C(=O)NCc1ccccc1)C(C)C. The van der Waals surface area contributed by atoms with E-state index in [1.54, 1.807) is 44.5 Å². The number of nitrogens with one attached hydrogen (secondary N) is 4. The second kappa shape index (κ2) is 13.6. The topological polar surface area (TPSA) is 146 Å². The van der Waals surface area contributed by atoms with Crippen LogP contribution in [0.15, 0.2) is 66.2 Å². The van der Waals surface area contributed by atoms with Gasteiger partial charge in [0, 0.05) is 12.1 Å². The minimum absolute atomic E-state index is 0.169. The van der Waals surface area contributed by atoms with Crippen molar-refractivity contribution in [2.24, 2.45) is 5.92 Å². The molecule has 3 aromatic rings. The number of amides is 4. The van der Waals surface area contributed by atoms with E-state index in [0.717, 1.165) is 15.8 Å². The molecule has 4 N–H and O–H groups in total. The van der Waals surface area contributed by atoms with E-state index in [1.165, 1.54) is 18.3 Å². The molecule has 210 valence electrons. The third-order valence-corrected chi connectivity index (χ3v) is 6.93. The van der Waals surface area contributed by atoms with Crippen molar-refractivity contribution in [2.75, 3.05) is 0 Å². The Labute approximate surface area is 236 Å². The summed E-state index contributed by atoms with van der Waals surface area (Å²) in [7, 11) is 0. The van der Waals surface area contributed by atoms with Gasteiger partial charge in [0.15, 0.2) is 0 Å². The Balaban J connectivity index is 1.59. The van der Waals surface area contributed by atoms with Gasteiger partial charge in [0.05, 0.1) is 21.8 Å². The van der Waals surface area contributed by atoms with E-state index < -0.39 is 47.5 Å². The molecule has 10 nitrogen and oxygen atoms in total. The van der Waals surface area contributed by atoms with Crippen molar-refractivity contribution in [3.63, 3.8) is 0 Å². The number of hydrogen-bond donors (Lipinski definition) is 4. The molecule has 0 saturated heterocycles. The van der Waals surface area contributed by atoms with Gasteiger partial charge in [-0.2, -0.15) is 0 Å². The number of fused-ring (bicyclic) bond motifs is 1. The average molecular weight is 564 g/mol. The van der Waals surface area contributed by atoms with Crippen LogP contribution in [0.1, 0.15) is 43.6 Å². The van der Waals surface area contributed by atoms with Crippen LogP contribution < -0.4 is 21.3 Å². The van der Waals surface area contributed by atoms with Gasteiger partial charge in [0.1, 0.15) is 12.1 Å². The summed E-state index contributed by atoms with van der Waals surface area (Å²) in [5.41, 5.74) is 3.99. The van der Waals surface area contributed by atoms with E-state index >= 15 is 0 Å². The van der Waals surface area contributed by atoms with Crippen molar-refractivity contribution in [3.8, 4) is 0 Å². The highest BCUT2D eigenvalue weighted by atomic mass is 32.1. The Morgan fingerprint density at radius 2 is 1.62 bits per heavy atom. The zero-order valence-electron chi connectivity index (χ0n) is 22.8. The highest BCUT2D eigenvalue weighted by Gasteiger charge is 2.32. The number of rotatable bonds is 12. The molecule has 0 radical (unpaired) electrons. The Morgan fingerprint density at radius 3 is 2.27 bits per heavy atom. The van der Waals surface area contributed by atoms with Crippen LogP contribution in [0.2, 0.25) is 0 Å². The average Bonchev–Trinajstić information content (AvgIpc) is 3.40. The lowest BCUT2D eigenvalue weighted by Gasteiger charge is -2.25. The lowest BCUT2D eigenvalue weighted by atomic mass is 9.98. The van der Waals surface area contributed by atoms with Gasteiger partial charge in [0.25, 0.3) is 11.8 Å². The van der Waals surface area contributed by atoms with Crippen molar-refractivity contribution in [1.29, 1.82) is 0 Å². The molecule has 11 heteroatoms. The predicted molar refractivity (Wildman–Crippen MR) is 153 cm³/mol. The molecular weight excluding hydrogens is 530 g/mol. The minimum atomic E-state index is -1.11. The van der Waals surface area contributed by atoms with Gasteiger partial charge < -0.3 is 21.3 Å². The fraction of sp³-hybridized carbons (Fsp3) is 0.310. The molecule has 1 aromatic heterocycles. The maximum atomic E-state index is 13.0. The summed E-state index contributed by atoms with van der Waals surface area (Å²) in [5.74, 6) is -3.78. The first-order chi connectivity index (χ1) is 19.0. The molecule has 40 heavy (non-hydrogen) atoms. The van der Waals surface area contributed by atoms with Gasteiger partial charge in [-0.15, -0.1) is 11.3 Å². The van der Waals surface area contributed by atoms with Crippen molar-refractivity contribution in [3.05, 3.63) is 77.3 Å². The minimum Gasteiger partial charge on any atom is -0.345 e. The van der Waals surface area contributed by atoms with Crippen LogP contribution in [0.25, 0.3) is 10.2 Å². The van der Waals surface area contributed by atoms with E-state index in [4.69, 9.17) is 0 Å². The van der Waals surface area contributed by atoms with E-state index in [9.17, 15) is 24.0 Å². The number of thiazole rings is 1. The van der Waals surface area contributed by atoms with E-state index in [1.807, 2.05) is 30.3 Å². The zero-order valence-corrected chi connectivity index (χ0v) is 23.6. The molecular formula is C29H33N5O5S. The zero-order chi connectivity index (χ0) is 29.4. The number of carbonyl (C=O) groups excluding carboxylic acids is 5. The van der Waals surface area contributed by atoms with Crippen molar-refractivity contribution in [2.45, 2.75) is 52.4 Å². The fourth-order valence-corrected chi connectivity index (χ4v) is 4.52. The Morgan fingerprint density at radius 1 is 0.925 bits per heavy atom. The van der Waals surface area contributed by atoms with Crippen LogP contribution in [0.3, 0.4) is 0 Å². The molecule has 0 aliphatic heterocycles. The molecule has 0 bridgehead atoms. The maximum absolute atomic E-state index is 13.0. The molecule has 0 aliphatic rings. The highest BCUT2D eigenvalue weighted by molar-refractivity contribution is 7.16. The lowest BCUT2D eigenvalue weighted by Crippen LogP contribution is -2.57. The van der Waals surface area contributed by atoms with Gasteiger partial charge in [-0.05, 0) is 49.1 Å². The number of hydrogen-bond acceptors (Lipinski definition) is 7. The van der Waals surface area contributed by atoms with Crippen molar-refractivity contribution in [1.82, 2.24) is 26.3 Å². The number of nitrogens with zero attached hydrogens (tertiary/aromatic N) is 1. The van der Waals surface area contributed by atoms with Crippen LogP contribution in [0.4, 0.5) is 0 Å². The fourth-order valence-electron chi connectivity index (χ4n) is 3.81. The summed E-state index contributed by atoms with van der Waals surface area (Å²) in [4.78, 5) is 68.3. The second-order valence-electron chi connectivity index (χ2n) is 9.78. The summed E-state index contributed by atoms with van der Waals surface area (Å²) in [6, 6.07) is 10.9.